The van der Waals surface area contributed by atoms with Crippen molar-refractivity contribution in [2.45, 2.75) is 0 Å². The van der Waals surface area contributed by atoms with Crippen molar-refractivity contribution >= 4 is 27.6 Å². The van der Waals surface area contributed by atoms with Crippen LogP contribution < -0.4 is 9.50 Å². The Morgan fingerprint density at radius 1 is 1.16 bits per heavy atom. The molecule has 1 aromatic carbocycles. The van der Waals surface area contributed by atoms with Crippen molar-refractivity contribution in [2.24, 2.45) is 0 Å². The molecule has 11 heteroatoms. The molecule has 0 atom stereocenters. The van der Waals surface area contributed by atoms with E-state index in [2.05, 4.69) is 19.2 Å². The average molecular weight is 376 g/mol. The largest absolute Gasteiger partial charge is 0.465 e. The Morgan fingerprint density at radius 3 is 2.40 bits per heavy atom. The number of pyridine rings is 1. The number of methoxy groups -OCH3 is 1. The van der Waals surface area contributed by atoms with Crippen LogP contribution in [0.1, 0.15) is 10.4 Å². The van der Waals surface area contributed by atoms with Crippen molar-refractivity contribution in [1.82, 2.24) is 4.98 Å². The third-order valence-electron chi connectivity index (χ3n) is 2.76. The summed E-state index contributed by atoms with van der Waals surface area (Å²) >= 11 is 0. The molecule has 134 valence electrons. The van der Waals surface area contributed by atoms with Crippen molar-refractivity contribution in [2.75, 3.05) is 18.7 Å². The Balaban J connectivity index is 2.55. The summed E-state index contributed by atoms with van der Waals surface area (Å²) in [6.07, 6.45) is 0.662. The van der Waals surface area contributed by atoms with E-state index < -0.39 is 50.8 Å². The Morgan fingerprint density at radius 2 is 1.84 bits per heavy atom. The van der Waals surface area contributed by atoms with Gasteiger partial charge >= 0.3 is 16.1 Å². The van der Waals surface area contributed by atoms with Crippen LogP contribution in [0.25, 0.3) is 0 Å². The predicted octanol–water partition coefficient (Wildman–Crippen LogP) is 2.37. The molecule has 0 aliphatic heterocycles. The number of hydrogen-bond donors (Lipinski definition) is 1. The standard InChI is InChI=1S/C14H11F3N2O5S/c1-23-14(20)8-6-10(17)13(24-25(2,21)22)19-12(8)18-11-4-3-7(15)5-9(11)16/h3-6H,1-2H3,(H,18,19). The lowest BCUT2D eigenvalue weighted by Gasteiger charge is -2.13. The fourth-order valence-electron chi connectivity index (χ4n) is 1.75. The number of anilines is 2. The first-order chi connectivity index (χ1) is 11.6. The lowest BCUT2D eigenvalue weighted by Crippen LogP contribution is -2.13. The number of hydrogen-bond acceptors (Lipinski definition) is 7. The van der Waals surface area contributed by atoms with E-state index in [1.807, 2.05) is 0 Å². The summed E-state index contributed by atoms with van der Waals surface area (Å²) in [6.45, 7) is 0. The van der Waals surface area contributed by atoms with Gasteiger partial charge in [0.1, 0.15) is 23.0 Å². The van der Waals surface area contributed by atoms with Crippen LogP contribution in [-0.2, 0) is 14.9 Å². The van der Waals surface area contributed by atoms with Gasteiger partial charge in [-0.2, -0.15) is 13.4 Å². The van der Waals surface area contributed by atoms with Gasteiger partial charge in [-0.1, -0.05) is 0 Å². The van der Waals surface area contributed by atoms with Crippen molar-refractivity contribution < 1.29 is 35.3 Å². The van der Waals surface area contributed by atoms with Crippen molar-refractivity contribution in [3.63, 3.8) is 0 Å². The maximum atomic E-state index is 13.9. The summed E-state index contributed by atoms with van der Waals surface area (Å²) in [5, 5.41) is 2.34. The van der Waals surface area contributed by atoms with Crippen LogP contribution >= 0.6 is 0 Å². The van der Waals surface area contributed by atoms with E-state index in [9.17, 15) is 26.4 Å². The number of aromatic nitrogens is 1. The van der Waals surface area contributed by atoms with E-state index in [1.54, 1.807) is 0 Å². The molecular formula is C14H11F3N2O5S. The molecule has 0 unspecified atom stereocenters. The summed E-state index contributed by atoms with van der Waals surface area (Å²) in [5.41, 5.74) is -0.749. The van der Waals surface area contributed by atoms with Crippen molar-refractivity contribution in [3.8, 4) is 5.88 Å². The molecule has 0 aliphatic rings. The molecule has 2 rings (SSSR count). The van der Waals surface area contributed by atoms with E-state index >= 15 is 0 Å². The summed E-state index contributed by atoms with van der Waals surface area (Å²) in [6, 6.07) is 3.12. The number of rotatable bonds is 5. The molecule has 0 fully saturated rings. The van der Waals surface area contributed by atoms with Crippen molar-refractivity contribution in [3.05, 3.63) is 47.3 Å². The molecule has 0 radical (unpaired) electrons. The van der Waals surface area contributed by atoms with Gasteiger partial charge in [0.2, 0.25) is 0 Å². The van der Waals surface area contributed by atoms with Gasteiger partial charge in [0.25, 0.3) is 5.88 Å². The monoisotopic (exact) mass is 376 g/mol. The van der Waals surface area contributed by atoms with E-state index in [1.165, 1.54) is 0 Å². The van der Waals surface area contributed by atoms with Gasteiger partial charge < -0.3 is 14.2 Å². The van der Waals surface area contributed by atoms with Gasteiger partial charge in [0.15, 0.2) is 5.82 Å². The Kier molecular flexibility index (Phi) is 5.16. The number of esters is 1. The number of ether oxygens (including phenoxy) is 1. The highest BCUT2D eigenvalue weighted by Crippen LogP contribution is 2.27. The molecule has 2 aromatic rings. The number of carbonyl (C=O) groups excluding carboxylic acids is 1. The molecular weight excluding hydrogens is 365 g/mol. The Labute approximate surface area is 140 Å². The topological polar surface area (TPSA) is 94.6 Å². The normalized spacial score (nSPS) is 11.1. The molecule has 0 saturated heterocycles. The molecule has 0 spiro atoms. The number of halogens is 3. The minimum Gasteiger partial charge on any atom is -0.465 e. The number of nitrogens with zero attached hydrogens (tertiary/aromatic N) is 1. The van der Waals surface area contributed by atoms with Crippen LogP contribution in [0.15, 0.2) is 24.3 Å². The molecule has 1 N–H and O–H groups in total. The molecule has 7 nitrogen and oxygen atoms in total. The van der Waals surface area contributed by atoms with Gasteiger partial charge in [0.05, 0.1) is 19.1 Å². The quantitative estimate of drug-likeness (QED) is 0.632. The SMILES string of the molecule is COC(=O)c1cc(F)c(OS(C)(=O)=O)nc1Nc1ccc(F)cc1F. The number of nitrogens with one attached hydrogen (secondary N) is 1. The maximum Gasteiger partial charge on any atom is 0.341 e. The molecule has 0 bridgehead atoms. The number of benzene rings is 1. The van der Waals surface area contributed by atoms with E-state index in [-0.39, 0.29) is 5.69 Å². The van der Waals surface area contributed by atoms with Crippen LogP contribution in [-0.4, -0.2) is 32.7 Å². The minimum absolute atomic E-state index is 0.295. The summed E-state index contributed by atoms with van der Waals surface area (Å²) in [4.78, 5) is 15.3. The summed E-state index contributed by atoms with van der Waals surface area (Å²) < 4.78 is 71.8. The molecule has 0 saturated carbocycles. The Hall–Kier alpha value is -2.82. The maximum absolute atomic E-state index is 13.9. The Bertz CT molecular complexity index is 934. The third kappa shape index (κ3) is 4.59. The van der Waals surface area contributed by atoms with Gasteiger partial charge in [-0.15, -0.1) is 0 Å². The van der Waals surface area contributed by atoms with E-state index in [0.717, 1.165) is 19.2 Å². The van der Waals surface area contributed by atoms with Gasteiger partial charge in [0, 0.05) is 6.07 Å². The minimum atomic E-state index is -4.11. The highest BCUT2D eigenvalue weighted by Gasteiger charge is 2.22. The van der Waals surface area contributed by atoms with Crippen molar-refractivity contribution in [1.29, 1.82) is 0 Å². The first-order valence-corrected chi connectivity index (χ1v) is 8.32. The predicted molar refractivity (Wildman–Crippen MR) is 80.6 cm³/mol. The average Bonchev–Trinajstić information content (AvgIpc) is 2.50. The fourth-order valence-corrected chi connectivity index (χ4v) is 2.16. The molecule has 0 amide bonds. The zero-order chi connectivity index (χ0) is 18.8. The first-order valence-electron chi connectivity index (χ1n) is 6.51. The van der Waals surface area contributed by atoms with Crippen LogP contribution in [0.5, 0.6) is 5.88 Å². The summed E-state index contributed by atoms with van der Waals surface area (Å²) in [5.74, 6) is -5.55. The smallest absolute Gasteiger partial charge is 0.341 e. The lowest BCUT2D eigenvalue weighted by molar-refractivity contribution is 0.0601. The van der Waals surface area contributed by atoms with Gasteiger partial charge in [-0.25, -0.2) is 18.0 Å². The van der Waals surface area contributed by atoms with Crippen LogP contribution in [0.4, 0.5) is 24.7 Å². The zero-order valence-electron chi connectivity index (χ0n) is 12.8. The molecule has 25 heavy (non-hydrogen) atoms. The van der Waals surface area contributed by atoms with Crippen LogP contribution in [0.2, 0.25) is 0 Å². The van der Waals surface area contributed by atoms with Gasteiger partial charge in [-0.3, -0.25) is 0 Å². The van der Waals surface area contributed by atoms with Gasteiger partial charge in [-0.05, 0) is 18.2 Å². The van der Waals surface area contributed by atoms with Crippen LogP contribution in [0, 0.1) is 17.5 Å². The highest BCUT2D eigenvalue weighted by atomic mass is 32.2. The fraction of sp³-hybridized carbons (Fsp3) is 0.143. The second kappa shape index (κ2) is 6.97. The second-order valence-corrected chi connectivity index (χ2v) is 6.27. The number of carbonyl (C=O) groups is 1. The third-order valence-corrected chi connectivity index (χ3v) is 3.22. The molecule has 1 heterocycles. The van der Waals surface area contributed by atoms with Crippen LogP contribution in [0.3, 0.4) is 0 Å². The summed E-state index contributed by atoms with van der Waals surface area (Å²) in [7, 11) is -3.09. The van der Waals surface area contributed by atoms with E-state index in [0.29, 0.717) is 18.4 Å². The lowest BCUT2D eigenvalue weighted by atomic mass is 10.2. The molecule has 0 aliphatic carbocycles. The van der Waals surface area contributed by atoms with E-state index in [4.69, 9.17) is 0 Å². The first kappa shape index (κ1) is 18.5. The zero-order valence-corrected chi connectivity index (χ0v) is 13.7. The second-order valence-electron chi connectivity index (χ2n) is 4.70. The molecule has 1 aromatic heterocycles. The highest BCUT2D eigenvalue weighted by molar-refractivity contribution is 7.86.